The van der Waals surface area contributed by atoms with Crippen LogP contribution in [0.15, 0.2) is 24.3 Å². The molecule has 0 saturated carbocycles. The van der Waals surface area contributed by atoms with Crippen LogP contribution in [0.2, 0.25) is 0 Å². The number of nitrogens with zero attached hydrogens (tertiary/aromatic N) is 2. The predicted molar refractivity (Wildman–Crippen MR) is 99.6 cm³/mol. The van der Waals surface area contributed by atoms with E-state index in [0.717, 1.165) is 56.4 Å². The van der Waals surface area contributed by atoms with Crippen molar-refractivity contribution >= 4 is 17.6 Å². The molecular weight excluding hydrogens is 314 g/mol. The van der Waals surface area contributed by atoms with Crippen LogP contribution in [0.5, 0.6) is 0 Å². The number of hydrogen-bond donors (Lipinski definition) is 1. The first-order valence-corrected chi connectivity index (χ1v) is 9.54. The minimum Gasteiger partial charge on any atom is -0.336 e. The number of hydrogen-bond acceptors (Lipinski definition) is 2. The van der Waals surface area contributed by atoms with E-state index in [4.69, 9.17) is 0 Å². The highest BCUT2D eigenvalue weighted by Gasteiger charge is 2.45. The third-order valence-electron chi connectivity index (χ3n) is 5.71. The SMILES string of the molecule is CCc1ccccc1NC(=O)N1CCCC2(CCCC(=O)N2CC)C1. The van der Waals surface area contributed by atoms with Crippen molar-refractivity contribution in [2.75, 3.05) is 25.0 Å². The minimum absolute atomic E-state index is 0.0472. The molecule has 1 aromatic rings. The molecule has 136 valence electrons. The Kier molecular flexibility index (Phi) is 5.30. The molecule has 5 nitrogen and oxygen atoms in total. The van der Waals surface area contributed by atoms with E-state index >= 15 is 0 Å². The van der Waals surface area contributed by atoms with Gasteiger partial charge in [-0.2, -0.15) is 0 Å². The Morgan fingerprint density at radius 1 is 1.20 bits per heavy atom. The maximum Gasteiger partial charge on any atom is 0.321 e. The number of amides is 3. The summed E-state index contributed by atoms with van der Waals surface area (Å²) in [5, 5.41) is 3.08. The van der Waals surface area contributed by atoms with Crippen LogP contribution in [0.3, 0.4) is 0 Å². The van der Waals surface area contributed by atoms with Gasteiger partial charge in [0.25, 0.3) is 0 Å². The number of rotatable bonds is 3. The lowest BCUT2D eigenvalue weighted by Crippen LogP contribution is -2.63. The van der Waals surface area contributed by atoms with E-state index in [2.05, 4.69) is 12.2 Å². The molecule has 1 spiro atoms. The van der Waals surface area contributed by atoms with Crippen molar-refractivity contribution in [3.8, 4) is 0 Å². The lowest BCUT2D eigenvalue weighted by molar-refractivity contribution is -0.144. The van der Waals surface area contributed by atoms with Crippen molar-refractivity contribution in [1.29, 1.82) is 0 Å². The van der Waals surface area contributed by atoms with Gasteiger partial charge in [-0.15, -0.1) is 0 Å². The van der Waals surface area contributed by atoms with Crippen molar-refractivity contribution in [3.05, 3.63) is 29.8 Å². The van der Waals surface area contributed by atoms with Crippen LogP contribution in [0, 0.1) is 0 Å². The quantitative estimate of drug-likeness (QED) is 0.911. The Bertz CT molecular complexity index is 642. The number of likely N-dealkylation sites (tertiary alicyclic amines) is 2. The van der Waals surface area contributed by atoms with E-state index < -0.39 is 0 Å². The van der Waals surface area contributed by atoms with Crippen molar-refractivity contribution in [2.45, 2.75) is 57.9 Å². The minimum atomic E-state index is -0.163. The zero-order valence-corrected chi connectivity index (χ0v) is 15.4. The summed E-state index contributed by atoms with van der Waals surface area (Å²) in [6, 6.07) is 7.90. The van der Waals surface area contributed by atoms with Crippen LogP contribution in [0.1, 0.15) is 51.5 Å². The number of piperidine rings is 2. The van der Waals surface area contributed by atoms with Gasteiger partial charge < -0.3 is 15.1 Å². The molecule has 0 bridgehead atoms. The standard InChI is InChI=1S/C20H29N3O2/c1-3-16-9-5-6-10-17(16)21-19(25)22-14-8-13-20(15-22)12-7-11-18(24)23(20)4-2/h5-6,9-10H,3-4,7-8,11-15H2,1-2H3,(H,21,25). The van der Waals surface area contributed by atoms with Gasteiger partial charge in [-0.3, -0.25) is 4.79 Å². The highest BCUT2D eigenvalue weighted by atomic mass is 16.2. The molecule has 2 aliphatic rings. The van der Waals surface area contributed by atoms with Crippen LogP contribution >= 0.6 is 0 Å². The average Bonchev–Trinajstić information content (AvgIpc) is 2.62. The van der Waals surface area contributed by atoms with Gasteiger partial charge in [-0.25, -0.2) is 4.79 Å². The molecule has 5 heteroatoms. The van der Waals surface area contributed by atoms with Gasteiger partial charge >= 0.3 is 6.03 Å². The maximum atomic E-state index is 12.8. The van der Waals surface area contributed by atoms with E-state index in [1.54, 1.807) is 0 Å². The molecule has 1 unspecified atom stereocenters. The highest BCUT2D eigenvalue weighted by molar-refractivity contribution is 5.90. The summed E-state index contributed by atoms with van der Waals surface area (Å²) >= 11 is 0. The average molecular weight is 343 g/mol. The Labute approximate surface area is 150 Å². The summed E-state index contributed by atoms with van der Waals surface area (Å²) in [5.41, 5.74) is 1.87. The number of likely N-dealkylation sites (N-methyl/N-ethyl adjacent to an activating group) is 1. The fourth-order valence-corrected chi connectivity index (χ4v) is 4.47. The molecule has 25 heavy (non-hydrogen) atoms. The molecular formula is C20H29N3O2. The van der Waals surface area contributed by atoms with Crippen LogP contribution in [-0.2, 0) is 11.2 Å². The van der Waals surface area contributed by atoms with E-state index in [0.29, 0.717) is 13.0 Å². The molecule has 2 heterocycles. The molecule has 3 rings (SSSR count). The molecule has 2 saturated heterocycles. The normalized spacial score (nSPS) is 23.8. The van der Waals surface area contributed by atoms with Gasteiger partial charge in [0.05, 0.1) is 5.54 Å². The summed E-state index contributed by atoms with van der Waals surface area (Å²) in [6.45, 7) is 6.27. The van der Waals surface area contributed by atoms with Gasteiger partial charge in [0.2, 0.25) is 5.91 Å². The molecule has 0 aliphatic carbocycles. The molecule has 1 aromatic carbocycles. The van der Waals surface area contributed by atoms with Gasteiger partial charge in [-0.05, 0) is 50.7 Å². The van der Waals surface area contributed by atoms with E-state index in [1.165, 1.54) is 0 Å². The molecule has 1 N–H and O–H groups in total. The monoisotopic (exact) mass is 343 g/mol. The number of urea groups is 1. The Morgan fingerprint density at radius 2 is 1.96 bits per heavy atom. The fraction of sp³-hybridized carbons (Fsp3) is 0.600. The first-order chi connectivity index (χ1) is 12.1. The number of aryl methyl sites for hydroxylation is 1. The van der Waals surface area contributed by atoms with Crippen molar-refractivity contribution in [2.24, 2.45) is 0 Å². The number of nitrogens with one attached hydrogen (secondary N) is 1. The lowest BCUT2D eigenvalue weighted by Gasteiger charge is -2.51. The zero-order chi connectivity index (χ0) is 17.9. The van der Waals surface area contributed by atoms with Crippen LogP contribution < -0.4 is 5.32 Å². The van der Waals surface area contributed by atoms with E-state index in [1.807, 2.05) is 41.0 Å². The van der Waals surface area contributed by atoms with Gasteiger partial charge in [-0.1, -0.05) is 25.1 Å². The third-order valence-corrected chi connectivity index (χ3v) is 5.71. The summed E-state index contributed by atoms with van der Waals surface area (Å²) < 4.78 is 0. The van der Waals surface area contributed by atoms with Crippen molar-refractivity contribution in [3.63, 3.8) is 0 Å². The second-order valence-corrected chi connectivity index (χ2v) is 7.18. The van der Waals surface area contributed by atoms with Gasteiger partial charge in [0.15, 0.2) is 0 Å². The van der Waals surface area contributed by atoms with Crippen LogP contribution in [0.4, 0.5) is 10.5 Å². The molecule has 3 amide bonds. The van der Waals surface area contributed by atoms with Crippen LogP contribution in [-0.4, -0.2) is 46.9 Å². The molecule has 2 fully saturated rings. The van der Waals surface area contributed by atoms with Crippen LogP contribution in [0.25, 0.3) is 0 Å². The Hall–Kier alpha value is -2.04. The number of benzene rings is 1. The zero-order valence-electron chi connectivity index (χ0n) is 15.4. The first kappa shape index (κ1) is 17.8. The largest absolute Gasteiger partial charge is 0.336 e. The first-order valence-electron chi connectivity index (χ1n) is 9.54. The summed E-state index contributed by atoms with van der Waals surface area (Å²) in [6.07, 6.45) is 5.42. The van der Waals surface area contributed by atoms with Crippen molar-refractivity contribution < 1.29 is 9.59 Å². The molecule has 0 radical (unpaired) electrons. The Morgan fingerprint density at radius 3 is 2.72 bits per heavy atom. The second-order valence-electron chi connectivity index (χ2n) is 7.18. The summed E-state index contributed by atoms with van der Waals surface area (Å²) in [4.78, 5) is 29.1. The topological polar surface area (TPSA) is 52.7 Å². The van der Waals surface area contributed by atoms with Gasteiger partial charge in [0.1, 0.15) is 0 Å². The van der Waals surface area contributed by atoms with Gasteiger partial charge in [0, 0.05) is 31.7 Å². The highest BCUT2D eigenvalue weighted by Crippen LogP contribution is 2.36. The number of para-hydroxylation sites is 1. The summed E-state index contributed by atoms with van der Waals surface area (Å²) in [5.74, 6) is 0.243. The number of carbonyl (C=O) groups excluding carboxylic acids is 2. The molecule has 2 aliphatic heterocycles. The number of anilines is 1. The molecule has 0 aromatic heterocycles. The Balaban J connectivity index is 1.74. The maximum absolute atomic E-state index is 12.8. The fourth-order valence-electron chi connectivity index (χ4n) is 4.47. The predicted octanol–water partition coefficient (Wildman–Crippen LogP) is 3.65. The van der Waals surface area contributed by atoms with E-state index in [-0.39, 0.29) is 17.5 Å². The smallest absolute Gasteiger partial charge is 0.321 e. The van der Waals surface area contributed by atoms with E-state index in [9.17, 15) is 9.59 Å². The lowest BCUT2D eigenvalue weighted by atomic mass is 9.79. The van der Waals surface area contributed by atoms with Crippen molar-refractivity contribution in [1.82, 2.24) is 9.80 Å². The molecule has 1 atom stereocenters. The second kappa shape index (κ2) is 7.46. The summed E-state index contributed by atoms with van der Waals surface area (Å²) in [7, 11) is 0. The number of carbonyl (C=O) groups is 2. The third kappa shape index (κ3) is 3.51.